The fourth-order valence-electron chi connectivity index (χ4n) is 4.90. The number of hydrogen-bond donors (Lipinski definition) is 0. The largest absolute Gasteiger partial charge is 0.309 e. The van der Waals surface area contributed by atoms with E-state index in [0.29, 0.717) is 0 Å². The standard InChI is InChI=1S/C30H19NS/c1-3-9-20(10-4-1)21-15-16-27-24(17-21)25-18-26-23-13-7-8-14-29(23)32-30(26)19-28(25)31(27)22-11-5-2-6-12-22/h1-19H. The van der Waals surface area contributed by atoms with Gasteiger partial charge in [0.05, 0.1) is 11.0 Å². The Morgan fingerprint density at radius 1 is 0.438 bits per heavy atom. The van der Waals surface area contributed by atoms with Crippen molar-refractivity contribution in [3.05, 3.63) is 115 Å². The van der Waals surface area contributed by atoms with Crippen LogP contribution in [-0.2, 0) is 0 Å². The molecule has 7 aromatic rings. The Morgan fingerprint density at radius 2 is 1.16 bits per heavy atom. The normalized spacial score (nSPS) is 11.8. The number of hydrogen-bond acceptors (Lipinski definition) is 1. The molecule has 32 heavy (non-hydrogen) atoms. The fourth-order valence-corrected chi connectivity index (χ4v) is 6.02. The van der Waals surface area contributed by atoms with E-state index in [-0.39, 0.29) is 0 Å². The summed E-state index contributed by atoms with van der Waals surface area (Å²) in [7, 11) is 0. The van der Waals surface area contributed by atoms with E-state index in [1.54, 1.807) is 0 Å². The summed E-state index contributed by atoms with van der Waals surface area (Å²) in [5.74, 6) is 0. The van der Waals surface area contributed by atoms with Crippen LogP contribution in [-0.4, -0.2) is 4.57 Å². The van der Waals surface area contributed by atoms with Crippen LogP contribution in [0.5, 0.6) is 0 Å². The summed E-state index contributed by atoms with van der Waals surface area (Å²) in [4.78, 5) is 0. The monoisotopic (exact) mass is 425 g/mol. The highest BCUT2D eigenvalue weighted by molar-refractivity contribution is 7.25. The molecule has 0 saturated carbocycles. The molecule has 7 rings (SSSR count). The molecule has 2 heterocycles. The quantitative estimate of drug-likeness (QED) is 0.261. The van der Waals surface area contributed by atoms with Crippen LogP contribution in [0, 0.1) is 0 Å². The molecule has 2 aromatic heterocycles. The minimum absolute atomic E-state index is 1.19. The van der Waals surface area contributed by atoms with Crippen molar-refractivity contribution in [3.8, 4) is 16.8 Å². The van der Waals surface area contributed by atoms with Gasteiger partial charge in [-0.1, -0.05) is 72.8 Å². The molecule has 150 valence electrons. The van der Waals surface area contributed by atoms with Gasteiger partial charge >= 0.3 is 0 Å². The van der Waals surface area contributed by atoms with Gasteiger partial charge in [0.2, 0.25) is 0 Å². The van der Waals surface area contributed by atoms with Crippen molar-refractivity contribution >= 4 is 53.3 Å². The fraction of sp³-hybridized carbons (Fsp3) is 0. The molecule has 0 saturated heterocycles. The van der Waals surface area contributed by atoms with Crippen molar-refractivity contribution in [2.45, 2.75) is 0 Å². The van der Waals surface area contributed by atoms with Crippen LogP contribution in [0.15, 0.2) is 115 Å². The molecule has 0 N–H and O–H groups in total. The zero-order valence-corrected chi connectivity index (χ0v) is 18.1. The van der Waals surface area contributed by atoms with Gasteiger partial charge in [0.25, 0.3) is 0 Å². The van der Waals surface area contributed by atoms with Gasteiger partial charge in [-0.2, -0.15) is 0 Å². The number of aromatic nitrogens is 1. The Morgan fingerprint density at radius 3 is 2.00 bits per heavy atom. The average Bonchev–Trinajstić information content (AvgIpc) is 3.38. The van der Waals surface area contributed by atoms with E-state index in [4.69, 9.17) is 0 Å². The minimum Gasteiger partial charge on any atom is -0.309 e. The van der Waals surface area contributed by atoms with Crippen LogP contribution in [0.2, 0.25) is 0 Å². The van der Waals surface area contributed by atoms with Gasteiger partial charge in [0.15, 0.2) is 0 Å². The predicted molar refractivity (Wildman–Crippen MR) is 139 cm³/mol. The summed E-state index contributed by atoms with van der Waals surface area (Å²) in [5.41, 5.74) is 6.20. The molecule has 0 fully saturated rings. The van der Waals surface area contributed by atoms with E-state index < -0.39 is 0 Å². The van der Waals surface area contributed by atoms with Crippen molar-refractivity contribution in [1.29, 1.82) is 0 Å². The van der Waals surface area contributed by atoms with Crippen LogP contribution in [0.4, 0.5) is 0 Å². The summed E-state index contributed by atoms with van der Waals surface area (Å²) in [6, 6.07) is 41.7. The summed E-state index contributed by atoms with van der Waals surface area (Å²) in [6.45, 7) is 0. The first kappa shape index (κ1) is 17.8. The molecule has 0 aliphatic rings. The van der Waals surface area contributed by atoms with Crippen molar-refractivity contribution in [2.75, 3.05) is 0 Å². The van der Waals surface area contributed by atoms with Crippen molar-refractivity contribution < 1.29 is 0 Å². The molecular formula is C30H19NS. The van der Waals surface area contributed by atoms with E-state index in [1.807, 2.05) is 11.3 Å². The van der Waals surface area contributed by atoms with Crippen LogP contribution in [0.3, 0.4) is 0 Å². The summed E-state index contributed by atoms with van der Waals surface area (Å²) in [6.07, 6.45) is 0. The molecule has 0 aliphatic heterocycles. The van der Waals surface area contributed by atoms with E-state index in [1.165, 1.54) is 58.8 Å². The highest BCUT2D eigenvalue weighted by Crippen LogP contribution is 2.41. The van der Waals surface area contributed by atoms with E-state index >= 15 is 0 Å². The first-order valence-corrected chi connectivity index (χ1v) is 11.7. The number of benzene rings is 5. The smallest absolute Gasteiger partial charge is 0.0555 e. The van der Waals surface area contributed by atoms with Crippen molar-refractivity contribution in [1.82, 2.24) is 4.57 Å². The average molecular weight is 426 g/mol. The molecule has 0 radical (unpaired) electrons. The van der Waals surface area contributed by atoms with Gasteiger partial charge in [0.1, 0.15) is 0 Å². The first-order valence-electron chi connectivity index (χ1n) is 10.9. The van der Waals surface area contributed by atoms with Crippen LogP contribution in [0.25, 0.3) is 58.8 Å². The van der Waals surface area contributed by atoms with Crippen LogP contribution >= 0.6 is 11.3 Å². The molecule has 1 nitrogen and oxygen atoms in total. The lowest BCUT2D eigenvalue weighted by molar-refractivity contribution is 1.18. The topological polar surface area (TPSA) is 4.93 Å². The summed E-state index contributed by atoms with van der Waals surface area (Å²) >= 11 is 1.88. The Kier molecular flexibility index (Phi) is 3.78. The molecular weight excluding hydrogens is 406 g/mol. The molecule has 0 atom stereocenters. The highest BCUT2D eigenvalue weighted by Gasteiger charge is 2.16. The SMILES string of the molecule is c1ccc(-c2ccc3c(c2)c2cc4c(cc2n3-c2ccccc2)sc2ccccc24)cc1. The van der Waals surface area contributed by atoms with E-state index in [9.17, 15) is 0 Å². The summed E-state index contributed by atoms with van der Waals surface area (Å²) in [5, 5.41) is 5.28. The van der Waals surface area contributed by atoms with Gasteiger partial charge in [-0.3, -0.25) is 0 Å². The molecule has 0 spiro atoms. The van der Waals surface area contributed by atoms with Crippen LogP contribution in [0.1, 0.15) is 0 Å². The molecule has 5 aromatic carbocycles. The minimum atomic E-state index is 1.19. The maximum absolute atomic E-state index is 2.41. The van der Waals surface area contributed by atoms with Gasteiger partial charge in [-0.25, -0.2) is 0 Å². The Labute approximate surface area is 189 Å². The predicted octanol–water partition coefficient (Wildman–Crippen LogP) is 8.82. The van der Waals surface area contributed by atoms with E-state index in [2.05, 4.69) is 120 Å². The number of rotatable bonds is 2. The van der Waals surface area contributed by atoms with Crippen molar-refractivity contribution in [3.63, 3.8) is 0 Å². The summed E-state index contributed by atoms with van der Waals surface area (Å²) < 4.78 is 5.08. The number of para-hydroxylation sites is 1. The van der Waals surface area contributed by atoms with Gasteiger partial charge in [0, 0.05) is 36.6 Å². The third kappa shape index (κ3) is 2.57. The van der Waals surface area contributed by atoms with E-state index in [0.717, 1.165) is 0 Å². The second-order valence-electron chi connectivity index (χ2n) is 8.23. The van der Waals surface area contributed by atoms with Gasteiger partial charge in [-0.05, 0) is 53.6 Å². The highest BCUT2D eigenvalue weighted by atomic mass is 32.1. The number of thiophene rings is 1. The number of nitrogens with zero attached hydrogens (tertiary/aromatic N) is 1. The maximum atomic E-state index is 2.41. The van der Waals surface area contributed by atoms with Crippen LogP contribution < -0.4 is 0 Å². The lowest BCUT2D eigenvalue weighted by atomic mass is 10.0. The Balaban J connectivity index is 1.64. The lowest BCUT2D eigenvalue weighted by Gasteiger charge is -2.08. The maximum Gasteiger partial charge on any atom is 0.0555 e. The third-order valence-corrected chi connectivity index (χ3v) is 7.52. The number of fused-ring (bicyclic) bond motifs is 6. The second kappa shape index (κ2) is 6.81. The Hall–Kier alpha value is -3.88. The first-order chi connectivity index (χ1) is 15.9. The van der Waals surface area contributed by atoms with Crippen molar-refractivity contribution in [2.24, 2.45) is 0 Å². The second-order valence-corrected chi connectivity index (χ2v) is 9.32. The zero-order valence-electron chi connectivity index (χ0n) is 17.3. The Bertz CT molecular complexity index is 1760. The molecule has 0 aliphatic carbocycles. The zero-order chi connectivity index (χ0) is 21.1. The third-order valence-electron chi connectivity index (χ3n) is 6.39. The van der Waals surface area contributed by atoms with Gasteiger partial charge in [-0.15, -0.1) is 11.3 Å². The molecule has 0 bridgehead atoms. The lowest BCUT2D eigenvalue weighted by Crippen LogP contribution is -1.92. The molecule has 2 heteroatoms. The van der Waals surface area contributed by atoms with Gasteiger partial charge < -0.3 is 4.57 Å². The molecule has 0 unspecified atom stereocenters. The molecule has 0 amide bonds.